The number of hydrogen-bond acceptors (Lipinski definition) is 3. The van der Waals surface area contributed by atoms with Gasteiger partial charge in [0.05, 0.1) is 22.1 Å². The number of urea groups is 1. The molecule has 4 aromatic rings. The first kappa shape index (κ1) is 14.0. The molecular formula is C15H11FN6O2. The summed E-state index contributed by atoms with van der Waals surface area (Å²) in [7, 11) is 0. The lowest BCUT2D eigenvalue weighted by atomic mass is 10.2. The smallest absolute Gasteiger partial charge is 0.324 e. The third kappa shape index (κ3) is 2.28. The predicted molar refractivity (Wildman–Crippen MR) is 87.6 cm³/mol. The number of aromatic amines is 3. The lowest BCUT2D eigenvalue weighted by molar-refractivity contribution is 0.262. The monoisotopic (exact) mass is 326 g/mol. The van der Waals surface area contributed by atoms with E-state index in [1.165, 1.54) is 18.5 Å². The van der Waals surface area contributed by atoms with E-state index in [0.717, 1.165) is 0 Å². The van der Waals surface area contributed by atoms with Crippen molar-refractivity contribution in [2.45, 2.75) is 0 Å². The second-order valence-electron chi connectivity index (χ2n) is 5.11. The summed E-state index contributed by atoms with van der Waals surface area (Å²) >= 11 is 0. The maximum Gasteiger partial charge on any atom is 0.324 e. The summed E-state index contributed by atoms with van der Waals surface area (Å²) in [6.07, 6.45) is 2.95. The number of hydrogen-bond donors (Lipinski definition) is 5. The van der Waals surface area contributed by atoms with Crippen LogP contribution in [0.5, 0.6) is 0 Å². The molecule has 0 spiro atoms. The molecule has 0 bridgehead atoms. The van der Waals surface area contributed by atoms with Crippen molar-refractivity contribution in [3.63, 3.8) is 0 Å². The van der Waals surface area contributed by atoms with Crippen LogP contribution in [-0.2, 0) is 0 Å². The molecule has 0 fully saturated rings. The normalized spacial score (nSPS) is 11.0. The molecular weight excluding hydrogens is 315 g/mol. The highest BCUT2D eigenvalue weighted by molar-refractivity contribution is 6.07. The van der Waals surface area contributed by atoms with Gasteiger partial charge in [0, 0.05) is 12.4 Å². The number of nitrogens with one attached hydrogen (secondary N) is 5. The number of anilines is 2. The zero-order chi connectivity index (χ0) is 16.7. The van der Waals surface area contributed by atoms with Crippen molar-refractivity contribution in [2.24, 2.45) is 0 Å². The fourth-order valence-electron chi connectivity index (χ4n) is 2.55. The number of carbonyl (C=O) groups excluding carboxylic acids is 1. The topological polar surface area (TPSA) is 118 Å². The minimum absolute atomic E-state index is 0.184. The Hall–Kier alpha value is -3.62. The Morgan fingerprint density at radius 1 is 1.12 bits per heavy atom. The average molecular weight is 326 g/mol. The maximum atomic E-state index is 13.9. The Balaban J connectivity index is 1.63. The molecule has 3 heterocycles. The predicted octanol–water partition coefficient (Wildman–Crippen LogP) is 2.52. The summed E-state index contributed by atoms with van der Waals surface area (Å²) in [6, 6.07) is 5.58. The van der Waals surface area contributed by atoms with E-state index < -0.39 is 17.5 Å². The molecule has 24 heavy (non-hydrogen) atoms. The lowest BCUT2D eigenvalue weighted by Gasteiger charge is -2.07. The third-order valence-electron chi connectivity index (χ3n) is 3.57. The molecule has 0 radical (unpaired) electrons. The fourth-order valence-corrected chi connectivity index (χ4v) is 2.55. The van der Waals surface area contributed by atoms with Gasteiger partial charge in [-0.2, -0.15) is 0 Å². The zero-order valence-corrected chi connectivity index (χ0v) is 12.1. The number of benzene rings is 1. The highest BCUT2D eigenvalue weighted by Crippen LogP contribution is 2.26. The standard InChI is InChI=1S/C15H11FN6O2/c16-7-2-1-3-8-11(7)10(6-18-8)20-15(24)22-13-12-9(4-5-17-13)19-14(23)21-12/h1-6,18H,(H2,19,21,23)(H2,17,20,22,24). The van der Waals surface area contributed by atoms with Crippen LogP contribution in [0, 0.1) is 5.82 Å². The number of nitrogens with zero attached hydrogens (tertiary/aromatic N) is 1. The van der Waals surface area contributed by atoms with Gasteiger partial charge in [0.25, 0.3) is 0 Å². The van der Waals surface area contributed by atoms with Gasteiger partial charge in [0.2, 0.25) is 0 Å². The van der Waals surface area contributed by atoms with Crippen LogP contribution in [0.15, 0.2) is 41.5 Å². The molecule has 0 atom stereocenters. The van der Waals surface area contributed by atoms with Crippen molar-refractivity contribution in [1.82, 2.24) is 19.9 Å². The molecule has 8 nitrogen and oxygen atoms in total. The average Bonchev–Trinajstić information content (AvgIpc) is 3.12. The number of imidazole rings is 1. The maximum absolute atomic E-state index is 13.9. The minimum Gasteiger partial charge on any atom is -0.359 e. The molecule has 9 heteroatoms. The van der Waals surface area contributed by atoms with Gasteiger partial charge >= 0.3 is 11.7 Å². The van der Waals surface area contributed by atoms with Gasteiger partial charge < -0.3 is 20.3 Å². The first-order chi connectivity index (χ1) is 11.6. The second-order valence-corrected chi connectivity index (χ2v) is 5.11. The molecule has 0 aliphatic heterocycles. The second kappa shape index (κ2) is 5.23. The summed E-state index contributed by atoms with van der Waals surface area (Å²) in [5.41, 5.74) is 1.36. The summed E-state index contributed by atoms with van der Waals surface area (Å²) < 4.78 is 13.9. The molecule has 4 rings (SSSR count). The van der Waals surface area contributed by atoms with Crippen LogP contribution in [0.3, 0.4) is 0 Å². The van der Waals surface area contributed by atoms with Crippen molar-refractivity contribution in [1.29, 1.82) is 0 Å². The molecule has 0 saturated carbocycles. The van der Waals surface area contributed by atoms with E-state index in [9.17, 15) is 14.0 Å². The number of rotatable bonds is 2. The van der Waals surface area contributed by atoms with Gasteiger partial charge in [-0.05, 0) is 18.2 Å². The Kier molecular flexibility index (Phi) is 3.05. The van der Waals surface area contributed by atoms with Crippen LogP contribution in [0.4, 0.5) is 20.7 Å². The van der Waals surface area contributed by atoms with Gasteiger partial charge in [-0.1, -0.05) is 6.07 Å². The first-order valence-corrected chi connectivity index (χ1v) is 7.02. The molecule has 0 saturated heterocycles. The number of fused-ring (bicyclic) bond motifs is 2. The summed E-state index contributed by atoms with van der Waals surface area (Å²) in [4.78, 5) is 35.6. The molecule has 2 amide bonds. The van der Waals surface area contributed by atoms with E-state index in [1.54, 1.807) is 18.2 Å². The molecule has 0 aliphatic rings. The number of amides is 2. The lowest BCUT2D eigenvalue weighted by Crippen LogP contribution is -2.20. The van der Waals surface area contributed by atoms with Crippen LogP contribution in [0.2, 0.25) is 0 Å². The minimum atomic E-state index is -0.610. The van der Waals surface area contributed by atoms with Crippen molar-refractivity contribution < 1.29 is 9.18 Å². The molecule has 3 aromatic heterocycles. The highest BCUT2D eigenvalue weighted by atomic mass is 19.1. The Morgan fingerprint density at radius 2 is 2.00 bits per heavy atom. The SMILES string of the molecule is O=C(Nc1nccc2[nH]c(=O)[nH]c12)Nc1c[nH]c2cccc(F)c12. The van der Waals surface area contributed by atoms with E-state index in [0.29, 0.717) is 22.2 Å². The van der Waals surface area contributed by atoms with E-state index in [2.05, 4.69) is 30.6 Å². The Morgan fingerprint density at radius 3 is 2.88 bits per heavy atom. The molecule has 1 aromatic carbocycles. The summed E-state index contributed by atoms with van der Waals surface area (Å²) in [6.45, 7) is 0. The fraction of sp³-hybridized carbons (Fsp3) is 0. The molecule has 5 N–H and O–H groups in total. The van der Waals surface area contributed by atoms with E-state index >= 15 is 0 Å². The van der Waals surface area contributed by atoms with Crippen molar-refractivity contribution in [3.05, 3.63) is 53.0 Å². The van der Waals surface area contributed by atoms with Crippen LogP contribution in [0.1, 0.15) is 0 Å². The van der Waals surface area contributed by atoms with Crippen molar-refractivity contribution >= 4 is 39.5 Å². The van der Waals surface area contributed by atoms with Gasteiger partial charge in [-0.25, -0.2) is 19.0 Å². The van der Waals surface area contributed by atoms with Crippen molar-refractivity contribution in [2.75, 3.05) is 10.6 Å². The zero-order valence-electron chi connectivity index (χ0n) is 12.1. The number of carbonyl (C=O) groups is 1. The third-order valence-corrected chi connectivity index (χ3v) is 3.57. The van der Waals surface area contributed by atoms with E-state index in [1.807, 2.05) is 0 Å². The van der Waals surface area contributed by atoms with Gasteiger partial charge in [-0.3, -0.25) is 5.32 Å². The highest BCUT2D eigenvalue weighted by Gasteiger charge is 2.13. The largest absolute Gasteiger partial charge is 0.359 e. The summed E-state index contributed by atoms with van der Waals surface area (Å²) in [5.74, 6) is -0.261. The quantitative estimate of drug-likeness (QED) is 0.389. The number of halogens is 1. The molecule has 0 aliphatic carbocycles. The van der Waals surface area contributed by atoms with E-state index in [-0.39, 0.29) is 11.2 Å². The molecule has 120 valence electrons. The number of pyridine rings is 1. The molecule has 0 unspecified atom stereocenters. The Bertz CT molecular complexity index is 1130. The van der Waals surface area contributed by atoms with Gasteiger partial charge in [0.1, 0.15) is 11.3 Å². The summed E-state index contributed by atoms with van der Waals surface area (Å²) in [5, 5.41) is 5.38. The van der Waals surface area contributed by atoms with Crippen LogP contribution >= 0.6 is 0 Å². The number of aromatic nitrogens is 4. The number of H-pyrrole nitrogens is 3. The van der Waals surface area contributed by atoms with Crippen LogP contribution < -0.4 is 16.3 Å². The van der Waals surface area contributed by atoms with Gasteiger partial charge in [-0.15, -0.1) is 0 Å². The van der Waals surface area contributed by atoms with Crippen LogP contribution in [-0.4, -0.2) is 26.0 Å². The first-order valence-electron chi connectivity index (χ1n) is 7.02. The Labute approximate surface area is 133 Å². The van der Waals surface area contributed by atoms with Gasteiger partial charge in [0.15, 0.2) is 5.82 Å². The van der Waals surface area contributed by atoms with Crippen molar-refractivity contribution in [3.8, 4) is 0 Å². The van der Waals surface area contributed by atoms with Crippen LogP contribution in [0.25, 0.3) is 21.9 Å². The van der Waals surface area contributed by atoms with E-state index in [4.69, 9.17) is 0 Å².